The molecule has 0 spiro atoms. The van der Waals surface area contributed by atoms with Crippen molar-refractivity contribution in [3.05, 3.63) is 74.2 Å². The first kappa shape index (κ1) is 21.2. The minimum atomic E-state index is -0.803. The summed E-state index contributed by atoms with van der Waals surface area (Å²) in [6, 6.07) is 15.2. The van der Waals surface area contributed by atoms with Crippen LogP contribution in [-0.4, -0.2) is 22.5 Å². The normalized spacial score (nSPS) is 11.5. The lowest BCUT2D eigenvalue weighted by molar-refractivity contribution is -0.137. The number of phenols is 1. The SMILES string of the molecule is C/C(=N/NC(=O)C(=O)Cc1ccc2ccccc2c1)c1cc(Br)c(C)c(Br)c1O. The summed E-state index contributed by atoms with van der Waals surface area (Å²) in [5.74, 6) is -1.38. The number of rotatable bonds is 5. The van der Waals surface area contributed by atoms with Gasteiger partial charge in [-0.25, -0.2) is 5.43 Å². The molecule has 0 aliphatic rings. The molecule has 0 saturated heterocycles. The molecule has 0 aliphatic heterocycles. The minimum Gasteiger partial charge on any atom is -0.506 e. The second-order valence-electron chi connectivity index (χ2n) is 6.61. The molecule has 3 aromatic rings. The van der Waals surface area contributed by atoms with Crippen LogP contribution in [-0.2, 0) is 16.0 Å². The van der Waals surface area contributed by atoms with Crippen LogP contribution >= 0.6 is 31.9 Å². The van der Waals surface area contributed by atoms with Gasteiger partial charge in [0, 0.05) is 16.5 Å². The van der Waals surface area contributed by atoms with E-state index in [4.69, 9.17) is 0 Å². The molecule has 0 aromatic heterocycles. The molecule has 7 heteroatoms. The van der Waals surface area contributed by atoms with Crippen LogP contribution < -0.4 is 5.43 Å². The molecule has 0 radical (unpaired) electrons. The smallest absolute Gasteiger partial charge is 0.307 e. The van der Waals surface area contributed by atoms with Crippen LogP contribution in [0.25, 0.3) is 10.8 Å². The lowest BCUT2D eigenvalue weighted by Gasteiger charge is -2.10. The van der Waals surface area contributed by atoms with E-state index in [0.717, 1.165) is 26.4 Å². The van der Waals surface area contributed by atoms with E-state index in [0.29, 0.717) is 15.7 Å². The van der Waals surface area contributed by atoms with Crippen LogP contribution in [0.3, 0.4) is 0 Å². The standard InChI is InChI=1S/C22H18Br2N2O3/c1-12-18(23)11-17(21(28)20(12)24)13(2)25-26-22(29)19(27)10-14-7-8-15-5-3-4-6-16(15)9-14/h3-9,11,28H,10H2,1-2H3,(H,26,29)/b25-13-. The number of hydrogen-bond donors (Lipinski definition) is 2. The van der Waals surface area contributed by atoms with Gasteiger partial charge in [-0.15, -0.1) is 0 Å². The average molecular weight is 518 g/mol. The van der Waals surface area contributed by atoms with Gasteiger partial charge in [-0.05, 0) is 57.7 Å². The fourth-order valence-electron chi connectivity index (χ4n) is 2.85. The Morgan fingerprint density at radius 3 is 2.48 bits per heavy atom. The molecule has 3 aromatic carbocycles. The summed E-state index contributed by atoms with van der Waals surface area (Å²) in [6.07, 6.45) is -0.0158. The number of amides is 1. The van der Waals surface area contributed by atoms with Gasteiger partial charge in [-0.2, -0.15) is 5.10 Å². The molecular formula is C22H18Br2N2O3. The lowest BCUT2D eigenvalue weighted by atomic mass is 10.0. The second-order valence-corrected chi connectivity index (χ2v) is 8.26. The van der Waals surface area contributed by atoms with Gasteiger partial charge in [-0.3, -0.25) is 9.59 Å². The van der Waals surface area contributed by atoms with Crippen LogP contribution in [0.4, 0.5) is 0 Å². The van der Waals surface area contributed by atoms with E-state index in [9.17, 15) is 14.7 Å². The van der Waals surface area contributed by atoms with Gasteiger partial charge in [0.15, 0.2) is 0 Å². The molecular weight excluding hydrogens is 500 g/mol. The quantitative estimate of drug-likeness (QED) is 0.283. The van der Waals surface area contributed by atoms with E-state index in [1.807, 2.05) is 49.4 Å². The number of aromatic hydroxyl groups is 1. The van der Waals surface area contributed by atoms with Crippen LogP contribution in [0.2, 0.25) is 0 Å². The molecule has 0 fully saturated rings. The molecule has 0 heterocycles. The molecule has 29 heavy (non-hydrogen) atoms. The van der Waals surface area contributed by atoms with Gasteiger partial charge >= 0.3 is 5.91 Å². The lowest BCUT2D eigenvalue weighted by Crippen LogP contribution is -2.29. The van der Waals surface area contributed by atoms with Gasteiger partial charge in [0.05, 0.1) is 10.2 Å². The maximum Gasteiger partial charge on any atom is 0.307 e. The van der Waals surface area contributed by atoms with Gasteiger partial charge in [0.25, 0.3) is 0 Å². The largest absolute Gasteiger partial charge is 0.506 e. The fraction of sp³-hybridized carbons (Fsp3) is 0.136. The van der Waals surface area contributed by atoms with Crippen molar-refractivity contribution >= 4 is 60.0 Å². The van der Waals surface area contributed by atoms with E-state index in [1.165, 1.54) is 0 Å². The number of carbonyl (C=O) groups is 2. The van der Waals surface area contributed by atoms with Crippen LogP contribution in [0.5, 0.6) is 5.75 Å². The second kappa shape index (κ2) is 8.88. The number of carbonyl (C=O) groups excluding carboxylic acids is 2. The molecule has 148 valence electrons. The topological polar surface area (TPSA) is 78.8 Å². The summed E-state index contributed by atoms with van der Waals surface area (Å²) in [5.41, 5.74) is 4.69. The van der Waals surface area contributed by atoms with E-state index >= 15 is 0 Å². The van der Waals surface area contributed by atoms with Crippen molar-refractivity contribution in [1.29, 1.82) is 0 Å². The number of ketones is 1. The van der Waals surface area contributed by atoms with Gasteiger partial charge in [0.2, 0.25) is 5.78 Å². The van der Waals surface area contributed by atoms with Crippen LogP contribution in [0.1, 0.15) is 23.6 Å². The number of phenolic OH excluding ortho intramolecular Hbond substituents is 1. The highest BCUT2D eigenvalue weighted by atomic mass is 79.9. The van der Waals surface area contributed by atoms with Crippen molar-refractivity contribution in [3.8, 4) is 5.75 Å². The number of hydrazone groups is 1. The van der Waals surface area contributed by atoms with Gasteiger partial charge in [-0.1, -0.05) is 58.4 Å². The summed E-state index contributed by atoms with van der Waals surface area (Å²) < 4.78 is 1.32. The highest BCUT2D eigenvalue weighted by Crippen LogP contribution is 2.36. The third kappa shape index (κ3) is 4.74. The van der Waals surface area contributed by atoms with Crippen molar-refractivity contribution < 1.29 is 14.7 Å². The Bertz CT molecular complexity index is 1160. The first-order valence-corrected chi connectivity index (χ1v) is 10.4. The average Bonchev–Trinajstić information content (AvgIpc) is 2.72. The van der Waals surface area contributed by atoms with Crippen LogP contribution in [0.15, 0.2) is 62.6 Å². The Labute approximate surface area is 185 Å². The van der Waals surface area contributed by atoms with Crippen molar-refractivity contribution in [2.24, 2.45) is 5.10 Å². The molecule has 5 nitrogen and oxygen atoms in total. The van der Waals surface area contributed by atoms with Gasteiger partial charge in [0.1, 0.15) is 5.75 Å². The summed E-state index contributed by atoms with van der Waals surface area (Å²) >= 11 is 6.75. The number of nitrogens with zero attached hydrogens (tertiary/aromatic N) is 1. The summed E-state index contributed by atoms with van der Waals surface area (Å²) in [4.78, 5) is 24.4. The molecule has 3 rings (SSSR count). The molecule has 0 atom stereocenters. The Morgan fingerprint density at radius 2 is 1.76 bits per heavy atom. The summed E-state index contributed by atoms with van der Waals surface area (Å²) in [7, 11) is 0. The molecule has 2 N–H and O–H groups in total. The summed E-state index contributed by atoms with van der Waals surface area (Å²) in [5, 5.41) is 16.4. The highest BCUT2D eigenvalue weighted by molar-refractivity contribution is 9.11. The number of nitrogens with one attached hydrogen (secondary N) is 1. The number of benzene rings is 3. The first-order chi connectivity index (χ1) is 13.8. The van der Waals surface area contributed by atoms with E-state index in [-0.39, 0.29) is 12.2 Å². The molecule has 0 aliphatic carbocycles. The number of fused-ring (bicyclic) bond motifs is 1. The van der Waals surface area contributed by atoms with E-state index < -0.39 is 11.7 Å². The van der Waals surface area contributed by atoms with Crippen molar-refractivity contribution in [3.63, 3.8) is 0 Å². The zero-order valence-corrected chi connectivity index (χ0v) is 19.0. The number of hydrogen-bond acceptors (Lipinski definition) is 4. The maximum absolute atomic E-state index is 12.3. The highest BCUT2D eigenvalue weighted by Gasteiger charge is 2.16. The maximum atomic E-state index is 12.3. The minimum absolute atomic E-state index is 0.0158. The zero-order valence-electron chi connectivity index (χ0n) is 15.8. The third-order valence-corrected chi connectivity index (χ3v) is 6.36. The first-order valence-electron chi connectivity index (χ1n) is 8.81. The number of halogens is 2. The predicted molar refractivity (Wildman–Crippen MR) is 121 cm³/mol. The van der Waals surface area contributed by atoms with E-state index in [1.54, 1.807) is 13.0 Å². The Hall–Kier alpha value is -2.51. The number of Topliss-reactive ketones (excluding diaryl/α,β-unsaturated/α-hetero) is 1. The van der Waals surface area contributed by atoms with Crippen molar-refractivity contribution in [1.82, 2.24) is 5.43 Å². The fourth-order valence-corrected chi connectivity index (χ4v) is 3.97. The molecule has 0 saturated carbocycles. The Morgan fingerprint density at radius 1 is 1.07 bits per heavy atom. The Balaban J connectivity index is 1.71. The third-order valence-electron chi connectivity index (χ3n) is 4.57. The molecule has 0 bridgehead atoms. The summed E-state index contributed by atoms with van der Waals surface area (Å²) in [6.45, 7) is 3.48. The van der Waals surface area contributed by atoms with Crippen molar-refractivity contribution in [2.75, 3.05) is 0 Å². The van der Waals surface area contributed by atoms with Gasteiger partial charge < -0.3 is 5.11 Å². The van der Waals surface area contributed by atoms with Crippen LogP contribution in [0, 0.1) is 6.92 Å². The monoisotopic (exact) mass is 516 g/mol. The zero-order chi connectivity index (χ0) is 21.1. The van der Waals surface area contributed by atoms with E-state index in [2.05, 4.69) is 42.4 Å². The van der Waals surface area contributed by atoms with Crippen molar-refractivity contribution in [2.45, 2.75) is 20.3 Å². The Kier molecular flexibility index (Phi) is 6.49. The predicted octanol–water partition coefficient (Wildman–Crippen LogP) is 5.03. The molecule has 0 unspecified atom stereocenters. The molecule has 1 amide bonds.